The van der Waals surface area contributed by atoms with Crippen molar-refractivity contribution in [3.63, 3.8) is 0 Å². The molecule has 1 heterocycles. The quantitative estimate of drug-likeness (QED) is 0.237. The van der Waals surface area contributed by atoms with Gasteiger partial charge in [0.05, 0.1) is 6.61 Å². The summed E-state index contributed by atoms with van der Waals surface area (Å²) in [5, 5.41) is 6.88. The van der Waals surface area contributed by atoms with Gasteiger partial charge in [-0.05, 0) is 52.8 Å². The standard InChI is InChI=1S/C33H46N2O3/c1-22(2)31(37)38-19-9-10-29(36)35-27-20-28(34-21-27)30(23-11-15-25(16-12-23)32(3,4)5)24-13-17-26(18-14-24)33(6,7)8/h11-18,27-28,30,34H,1,9-10,19-21H2,2-8H3,(H,35,36)/t27-,28-/m1/s1. The monoisotopic (exact) mass is 518 g/mol. The zero-order valence-electron chi connectivity index (χ0n) is 24.3. The van der Waals surface area contributed by atoms with E-state index in [2.05, 4.69) is 107 Å². The van der Waals surface area contributed by atoms with Crippen molar-refractivity contribution in [2.75, 3.05) is 13.2 Å². The highest BCUT2D eigenvalue weighted by Gasteiger charge is 2.33. The summed E-state index contributed by atoms with van der Waals surface area (Å²) in [5.41, 5.74) is 5.78. The Morgan fingerprint density at radius 3 is 1.89 bits per heavy atom. The molecule has 1 aliphatic rings. The molecule has 5 heteroatoms. The molecular formula is C33H46N2O3. The van der Waals surface area contributed by atoms with Crippen LogP contribution in [-0.4, -0.2) is 37.1 Å². The van der Waals surface area contributed by atoms with Crippen LogP contribution in [0.15, 0.2) is 60.7 Å². The number of amides is 1. The number of carbonyl (C=O) groups is 2. The first-order chi connectivity index (χ1) is 17.8. The molecule has 2 aromatic carbocycles. The second-order valence-corrected chi connectivity index (χ2v) is 12.8. The van der Waals surface area contributed by atoms with Gasteiger partial charge in [-0.25, -0.2) is 4.79 Å². The lowest BCUT2D eigenvalue weighted by Crippen LogP contribution is -2.36. The summed E-state index contributed by atoms with van der Waals surface area (Å²) in [6.07, 6.45) is 1.68. The fourth-order valence-corrected chi connectivity index (χ4v) is 4.99. The van der Waals surface area contributed by atoms with Gasteiger partial charge in [-0.15, -0.1) is 0 Å². The fourth-order valence-electron chi connectivity index (χ4n) is 4.99. The van der Waals surface area contributed by atoms with Crippen molar-refractivity contribution < 1.29 is 14.3 Å². The van der Waals surface area contributed by atoms with E-state index >= 15 is 0 Å². The molecule has 0 bridgehead atoms. The first-order valence-electron chi connectivity index (χ1n) is 13.8. The number of nitrogens with one attached hydrogen (secondary N) is 2. The molecule has 0 aliphatic carbocycles. The van der Waals surface area contributed by atoms with Crippen molar-refractivity contribution in [3.05, 3.63) is 82.9 Å². The maximum atomic E-state index is 12.6. The van der Waals surface area contributed by atoms with E-state index in [1.165, 1.54) is 22.3 Å². The summed E-state index contributed by atoms with van der Waals surface area (Å²) >= 11 is 0. The number of carbonyl (C=O) groups excluding carboxylic acids is 2. The molecule has 38 heavy (non-hydrogen) atoms. The van der Waals surface area contributed by atoms with E-state index in [0.717, 1.165) is 13.0 Å². The van der Waals surface area contributed by atoms with Gasteiger partial charge >= 0.3 is 5.97 Å². The average Bonchev–Trinajstić information content (AvgIpc) is 3.29. The summed E-state index contributed by atoms with van der Waals surface area (Å²) in [6.45, 7) is 19.6. The molecule has 1 amide bonds. The molecule has 0 saturated carbocycles. The Bertz CT molecular complexity index is 1050. The van der Waals surface area contributed by atoms with Crippen LogP contribution in [0.2, 0.25) is 0 Å². The van der Waals surface area contributed by atoms with Crippen molar-refractivity contribution in [2.24, 2.45) is 0 Å². The van der Waals surface area contributed by atoms with Gasteiger partial charge in [-0.3, -0.25) is 4.79 Å². The number of ether oxygens (including phenoxy) is 1. The highest BCUT2D eigenvalue weighted by molar-refractivity contribution is 5.86. The Balaban J connectivity index is 1.71. The molecule has 0 unspecified atom stereocenters. The van der Waals surface area contributed by atoms with Crippen molar-refractivity contribution in [1.29, 1.82) is 0 Å². The van der Waals surface area contributed by atoms with Crippen molar-refractivity contribution >= 4 is 11.9 Å². The lowest BCUT2D eigenvalue weighted by atomic mass is 9.80. The Kier molecular flexibility index (Phi) is 9.59. The highest BCUT2D eigenvalue weighted by atomic mass is 16.5. The van der Waals surface area contributed by atoms with Crippen molar-refractivity contribution in [2.45, 2.75) is 96.6 Å². The predicted molar refractivity (Wildman–Crippen MR) is 155 cm³/mol. The molecule has 1 saturated heterocycles. The molecule has 1 fully saturated rings. The average molecular weight is 519 g/mol. The van der Waals surface area contributed by atoms with Crippen LogP contribution in [-0.2, 0) is 25.2 Å². The van der Waals surface area contributed by atoms with E-state index in [0.29, 0.717) is 18.4 Å². The van der Waals surface area contributed by atoms with Crippen LogP contribution in [0.4, 0.5) is 0 Å². The number of esters is 1. The minimum atomic E-state index is -0.412. The van der Waals surface area contributed by atoms with E-state index in [-0.39, 0.29) is 41.3 Å². The Morgan fingerprint density at radius 2 is 1.45 bits per heavy atom. The van der Waals surface area contributed by atoms with Gasteiger partial charge in [0.15, 0.2) is 0 Å². The van der Waals surface area contributed by atoms with Gasteiger partial charge < -0.3 is 15.4 Å². The van der Waals surface area contributed by atoms with Gasteiger partial charge in [0.25, 0.3) is 0 Å². The minimum Gasteiger partial charge on any atom is -0.462 e. The van der Waals surface area contributed by atoms with Crippen LogP contribution in [0.3, 0.4) is 0 Å². The third kappa shape index (κ3) is 8.04. The topological polar surface area (TPSA) is 67.4 Å². The fraction of sp³-hybridized carbons (Fsp3) is 0.515. The van der Waals surface area contributed by atoms with E-state index in [1.807, 2.05) is 0 Å². The maximum absolute atomic E-state index is 12.6. The first kappa shape index (κ1) is 29.6. The normalized spacial score (nSPS) is 17.9. The van der Waals surface area contributed by atoms with Crippen molar-refractivity contribution in [1.82, 2.24) is 10.6 Å². The minimum absolute atomic E-state index is 0.00978. The lowest BCUT2D eigenvalue weighted by molar-refractivity contribution is -0.139. The Hall–Kier alpha value is -2.92. The number of hydrogen-bond acceptors (Lipinski definition) is 4. The van der Waals surface area contributed by atoms with Gasteiger partial charge in [0, 0.05) is 36.5 Å². The van der Waals surface area contributed by atoms with E-state index < -0.39 is 5.97 Å². The van der Waals surface area contributed by atoms with Crippen LogP contribution in [0.5, 0.6) is 0 Å². The largest absolute Gasteiger partial charge is 0.462 e. The summed E-state index contributed by atoms with van der Waals surface area (Å²) in [6, 6.07) is 18.3. The molecule has 1 aliphatic heterocycles. The van der Waals surface area contributed by atoms with Gasteiger partial charge in [0.1, 0.15) is 0 Å². The third-order valence-electron chi connectivity index (χ3n) is 7.33. The molecule has 0 spiro atoms. The Morgan fingerprint density at radius 1 is 0.947 bits per heavy atom. The van der Waals surface area contributed by atoms with Crippen LogP contribution in [0, 0.1) is 0 Å². The number of benzene rings is 2. The summed E-state index contributed by atoms with van der Waals surface area (Å²) in [5.74, 6) is -0.240. The SMILES string of the molecule is C=C(C)C(=O)OCCCC(=O)N[C@H]1CN[C@@H](C(c2ccc(C(C)(C)C)cc2)c2ccc(C(C)(C)C)cc2)C1. The smallest absolute Gasteiger partial charge is 0.333 e. The predicted octanol–water partition coefficient (Wildman–Crippen LogP) is 6.16. The Labute approximate surface area is 229 Å². The van der Waals surface area contributed by atoms with Gasteiger partial charge in [-0.2, -0.15) is 0 Å². The number of rotatable bonds is 9. The zero-order chi connectivity index (χ0) is 28.1. The van der Waals surface area contributed by atoms with Crippen LogP contribution in [0.25, 0.3) is 0 Å². The molecular weight excluding hydrogens is 472 g/mol. The highest BCUT2D eigenvalue weighted by Crippen LogP contribution is 2.35. The van der Waals surface area contributed by atoms with E-state index in [9.17, 15) is 9.59 Å². The summed E-state index contributed by atoms with van der Waals surface area (Å²) in [7, 11) is 0. The molecule has 2 N–H and O–H groups in total. The third-order valence-corrected chi connectivity index (χ3v) is 7.33. The maximum Gasteiger partial charge on any atom is 0.333 e. The second-order valence-electron chi connectivity index (χ2n) is 12.8. The molecule has 2 atom stereocenters. The van der Waals surface area contributed by atoms with Crippen molar-refractivity contribution in [3.8, 4) is 0 Å². The molecule has 2 aromatic rings. The second kappa shape index (κ2) is 12.3. The van der Waals surface area contributed by atoms with Gasteiger partial charge in [0.2, 0.25) is 5.91 Å². The number of hydrogen-bond donors (Lipinski definition) is 2. The van der Waals surface area contributed by atoms with Crippen LogP contribution in [0.1, 0.15) is 95.9 Å². The molecule has 0 aromatic heterocycles. The van der Waals surface area contributed by atoms with Crippen LogP contribution >= 0.6 is 0 Å². The first-order valence-corrected chi connectivity index (χ1v) is 13.8. The molecule has 206 valence electrons. The molecule has 3 rings (SSSR count). The molecule has 0 radical (unpaired) electrons. The summed E-state index contributed by atoms with van der Waals surface area (Å²) in [4.78, 5) is 24.1. The lowest BCUT2D eigenvalue weighted by Gasteiger charge is -2.27. The van der Waals surface area contributed by atoms with E-state index in [4.69, 9.17) is 4.74 Å². The van der Waals surface area contributed by atoms with E-state index in [1.54, 1.807) is 6.92 Å². The van der Waals surface area contributed by atoms with Gasteiger partial charge in [-0.1, -0.05) is 96.7 Å². The van der Waals surface area contributed by atoms with Crippen LogP contribution < -0.4 is 10.6 Å². The molecule has 5 nitrogen and oxygen atoms in total. The summed E-state index contributed by atoms with van der Waals surface area (Å²) < 4.78 is 5.10. The zero-order valence-corrected chi connectivity index (χ0v) is 24.3.